The van der Waals surface area contributed by atoms with E-state index >= 15 is 0 Å². The number of aliphatic hydroxyl groups excluding tert-OH is 1. The van der Waals surface area contributed by atoms with Crippen molar-refractivity contribution in [2.45, 2.75) is 39.2 Å². The van der Waals surface area contributed by atoms with E-state index in [0.29, 0.717) is 18.5 Å². The average Bonchev–Trinajstić information content (AvgIpc) is 2.25. The summed E-state index contributed by atoms with van der Waals surface area (Å²) >= 11 is 0. The molecule has 0 atom stereocenters. The molecular weight excluding hydrogens is 228 g/mol. The van der Waals surface area contributed by atoms with Crippen molar-refractivity contribution in [3.05, 3.63) is 11.8 Å². The third-order valence-corrected chi connectivity index (χ3v) is 3.33. The van der Waals surface area contributed by atoms with E-state index in [4.69, 9.17) is 0 Å². The van der Waals surface area contributed by atoms with E-state index < -0.39 is 0 Å². The quantitative estimate of drug-likeness (QED) is 0.802. The third kappa shape index (κ3) is 2.90. The number of aryl methyl sites for hydroxylation is 1. The third-order valence-electron chi connectivity index (χ3n) is 3.33. The van der Waals surface area contributed by atoms with Crippen LogP contribution >= 0.6 is 0 Å². The molecule has 0 bridgehead atoms. The summed E-state index contributed by atoms with van der Waals surface area (Å²) < 4.78 is 0. The fraction of sp³-hybridized carbons (Fsp3) is 0.692. The first-order valence-corrected chi connectivity index (χ1v) is 6.71. The number of hydrogen-bond acceptors (Lipinski definition) is 5. The fourth-order valence-electron chi connectivity index (χ4n) is 2.23. The van der Waals surface area contributed by atoms with Crippen LogP contribution in [0.1, 0.15) is 31.9 Å². The van der Waals surface area contributed by atoms with Crippen molar-refractivity contribution in [3.8, 4) is 0 Å². The molecule has 5 heteroatoms. The van der Waals surface area contributed by atoms with Crippen molar-refractivity contribution in [1.29, 1.82) is 0 Å². The van der Waals surface area contributed by atoms with Crippen molar-refractivity contribution in [1.82, 2.24) is 9.97 Å². The molecule has 1 aliphatic carbocycles. The van der Waals surface area contributed by atoms with Gasteiger partial charge in [0.1, 0.15) is 5.82 Å². The molecule has 18 heavy (non-hydrogen) atoms. The highest BCUT2D eigenvalue weighted by molar-refractivity contribution is 5.46. The van der Waals surface area contributed by atoms with Gasteiger partial charge in [-0.25, -0.2) is 4.98 Å². The first-order chi connectivity index (χ1) is 8.74. The minimum Gasteiger partial charge on any atom is -0.395 e. The van der Waals surface area contributed by atoms with E-state index in [-0.39, 0.29) is 6.61 Å². The molecule has 0 radical (unpaired) electrons. The van der Waals surface area contributed by atoms with Crippen molar-refractivity contribution in [2.24, 2.45) is 0 Å². The summed E-state index contributed by atoms with van der Waals surface area (Å²) in [6.07, 6.45) is 3.66. The van der Waals surface area contributed by atoms with Gasteiger partial charge in [0.2, 0.25) is 5.95 Å². The maximum atomic E-state index is 9.21. The van der Waals surface area contributed by atoms with Gasteiger partial charge < -0.3 is 15.3 Å². The van der Waals surface area contributed by atoms with Gasteiger partial charge in [-0.2, -0.15) is 4.98 Å². The normalized spacial score (nSPS) is 15.3. The zero-order valence-corrected chi connectivity index (χ0v) is 11.2. The largest absolute Gasteiger partial charge is 0.395 e. The SMILES string of the molecule is CCNc1nc(C)cc(N(CCO)C2CCC2)n1. The van der Waals surface area contributed by atoms with E-state index in [1.54, 1.807) is 0 Å². The predicted molar refractivity (Wildman–Crippen MR) is 73.0 cm³/mol. The number of aromatic nitrogens is 2. The molecule has 1 saturated carbocycles. The smallest absolute Gasteiger partial charge is 0.224 e. The molecule has 2 rings (SSSR count). The van der Waals surface area contributed by atoms with Gasteiger partial charge in [-0.05, 0) is 33.1 Å². The van der Waals surface area contributed by atoms with Gasteiger partial charge in [-0.3, -0.25) is 0 Å². The Morgan fingerprint density at radius 2 is 2.22 bits per heavy atom. The summed E-state index contributed by atoms with van der Waals surface area (Å²) in [6.45, 7) is 5.63. The summed E-state index contributed by atoms with van der Waals surface area (Å²) in [4.78, 5) is 11.1. The highest BCUT2D eigenvalue weighted by Crippen LogP contribution is 2.28. The van der Waals surface area contributed by atoms with Crippen LogP contribution in [0.15, 0.2) is 6.07 Å². The molecule has 5 nitrogen and oxygen atoms in total. The molecule has 0 spiro atoms. The monoisotopic (exact) mass is 250 g/mol. The van der Waals surface area contributed by atoms with Crippen molar-refractivity contribution in [3.63, 3.8) is 0 Å². The lowest BCUT2D eigenvalue weighted by atomic mass is 9.91. The summed E-state index contributed by atoms with van der Waals surface area (Å²) in [7, 11) is 0. The van der Waals surface area contributed by atoms with Crippen LogP contribution in [-0.2, 0) is 0 Å². The van der Waals surface area contributed by atoms with Crippen molar-refractivity contribution < 1.29 is 5.11 Å². The standard InChI is InChI=1S/C13H22N4O/c1-3-14-13-15-10(2)9-12(16-13)17(7-8-18)11-5-4-6-11/h9,11,18H,3-8H2,1-2H3,(H,14,15,16). The Balaban J connectivity index is 2.22. The zero-order chi connectivity index (χ0) is 13.0. The van der Waals surface area contributed by atoms with Gasteiger partial charge in [0.15, 0.2) is 0 Å². The molecule has 0 saturated heterocycles. The van der Waals surface area contributed by atoms with E-state index in [1.165, 1.54) is 19.3 Å². The Hall–Kier alpha value is -1.36. The molecule has 1 aromatic rings. The van der Waals surface area contributed by atoms with E-state index in [0.717, 1.165) is 18.1 Å². The zero-order valence-electron chi connectivity index (χ0n) is 11.2. The first kappa shape index (κ1) is 13.1. The molecule has 2 N–H and O–H groups in total. The molecule has 1 aromatic heterocycles. The Labute approximate surface area is 108 Å². The maximum absolute atomic E-state index is 9.21. The molecule has 0 aromatic carbocycles. The van der Waals surface area contributed by atoms with Crippen molar-refractivity contribution in [2.75, 3.05) is 29.9 Å². The summed E-state index contributed by atoms with van der Waals surface area (Å²) in [5.41, 5.74) is 0.957. The maximum Gasteiger partial charge on any atom is 0.224 e. The average molecular weight is 250 g/mol. The number of nitrogens with one attached hydrogen (secondary N) is 1. The molecule has 1 aliphatic rings. The van der Waals surface area contributed by atoms with E-state index in [2.05, 4.69) is 20.2 Å². The summed E-state index contributed by atoms with van der Waals surface area (Å²) in [6, 6.07) is 2.52. The number of rotatable bonds is 6. The number of nitrogens with zero attached hydrogens (tertiary/aromatic N) is 3. The van der Waals surface area contributed by atoms with Crippen LogP contribution in [0.5, 0.6) is 0 Å². The summed E-state index contributed by atoms with van der Waals surface area (Å²) in [5, 5.41) is 12.4. The molecular formula is C13H22N4O. The van der Waals surface area contributed by atoms with Gasteiger partial charge in [0.25, 0.3) is 0 Å². The van der Waals surface area contributed by atoms with Crippen LogP contribution in [0.3, 0.4) is 0 Å². The Bertz CT molecular complexity index is 393. The Morgan fingerprint density at radius 3 is 2.78 bits per heavy atom. The first-order valence-electron chi connectivity index (χ1n) is 6.71. The van der Waals surface area contributed by atoms with Crippen molar-refractivity contribution >= 4 is 11.8 Å². The second kappa shape index (κ2) is 6.00. The highest BCUT2D eigenvalue weighted by Gasteiger charge is 2.26. The lowest BCUT2D eigenvalue weighted by molar-refractivity contribution is 0.283. The second-order valence-corrected chi connectivity index (χ2v) is 4.72. The predicted octanol–water partition coefficient (Wildman–Crippen LogP) is 1.57. The Kier molecular flexibility index (Phi) is 4.36. The second-order valence-electron chi connectivity index (χ2n) is 4.72. The van der Waals surface area contributed by atoms with Crippen LogP contribution in [0.25, 0.3) is 0 Å². The lowest BCUT2D eigenvalue weighted by Crippen LogP contribution is -2.42. The van der Waals surface area contributed by atoms with Crippen LogP contribution in [0.2, 0.25) is 0 Å². The summed E-state index contributed by atoms with van der Waals surface area (Å²) in [5.74, 6) is 1.60. The van der Waals surface area contributed by atoms with E-state index in [9.17, 15) is 5.11 Å². The Morgan fingerprint density at radius 1 is 1.44 bits per heavy atom. The van der Waals surface area contributed by atoms with Crippen LogP contribution in [0.4, 0.5) is 11.8 Å². The number of anilines is 2. The molecule has 0 amide bonds. The van der Waals surface area contributed by atoms with E-state index in [1.807, 2.05) is 19.9 Å². The van der Waals surface area contributed by atoms with Gasteiger partial charge in [-0.1, -0.05) is 0 Å². The molecule has 0 aliphatic heterocycles. The molecule has 0 unspecified atom stereocenters. The van der Waals surface area contributed by atoms with Gasteiger partial charge in [-0.15, -0.1) is 0 Å². The van der Waals surface area contributed by atoms with Crippen LogP contribution < -0.4 is 10.2 Å². The fourth-order valence-corrected chi connectivity index (χ4v) is 2.23. The topological polar surface area (TPSA) is 61.3 Å². The number of hydrogen-bond donors (Lipinski definition) is 2. The molecule has 100 valence electrons. The number of aliphatic hydroxyl groups is 1. The minimum atomic E-state index is 0.163. The van der Waals surface area contributed by atoms with Gasteiger partial charge in [0.05, 0.1) is 6.61 Å². The van der Waals surface area contributed by atoms with Gasteiger partial charge >= 0.3 is 0 Å². The molecule has 1 heterocycles. The molecule has 1 fully saturated rings. The van der Waals surface area contributed by atoms with Crippen LogP contribution in [0, 0.1) is 6.92 Å². The lowest BCUT2D eigenvalue weighted by Gasteiger charge is -2.38. The minimum absolute atomic E-state index is 0.163. The van der Waals surface area contributed by atoms with Gasteiger partial charge in [0, 0.05) is 30.9 Å². The van der Waals surface area contributed by atoms with Crippen LogP contribution in [-0.4, -0.2) is 40.8 Å². The highest BCUT2D eigenvalue weighted by atomic mass is 16.3.